The molecule has 0 aromatic carbocycles. The molecule has 0 spiro atoms. The zero-order valence-corrected chi connectivity index (χ0v) is 16.3. The van der Waals surface area contributed by atoms with E-state index < -0.39 is 4.64 Å². The Balaban J connectivity index is 1.86. The predicted octanol–water partition coefficient (Wildman–Crippen LogP) is 2.02. The minimum atomic E-state index is -1.07. The molecular formula is C15H21NO2PSe2+2. The van der Waals surface area contributed by atoms with Crippen molar-refractivity contribution in [2.45, 2.75) is 12.8 Å². The molecule has 1 aromatic rings. The molecule has 6 heteroatoms. The van der Waals surface area contributed by atoms with Crippen molar-refractivity contribution in [2.24, 2.45) is 0 Å². The molecule has 2 heterocycles. The van der Waals surface area contributed by atoms with E-state index in [9.17, 15) is 0 Å². The molecule has 1 radical (unpaired) electrons. The summed E-state index contributed by atoms with van der Waals surface area (Å²) in [5, 5.41) is 0. The molecule has 21 heavy (non-hydrogen) atoms. The van der Waals surface area contributed by atoms with Crippen LogP contribution in [0.15, 0.2) is 59.6 Å². The number of aryl methyl sites for hydroxylation is 1. The summed E-state index contributed by atoms with van der Waals surface area (Å²) >= 11 is 4.11. The number of hydrogen-bond donors (Lipinski definition) is 1. The van der Waals surface area contributed by atoms with E-state index in [0.29, 0.717) is 14.7 Å². The number of nitrogens with two attached hydrogens (primary N) is 1. The van der Waals surface area contributed by atoms with Crippen LogP contribution in [0.1, 0.15) is 12.2 Å². The van der Waals surface area contributed by atoms with Crippen molar-refractivity contribution < 1.29 is 13.5 Å². The van der Waals surface area contributed by atoms with Gasteiger partial charge in [-0.15, -0.1) is 0 Å². The molecule has 0 fully saturated rings. The summed E-state index contributed by atoms with van der Waals surface area (Å²) in [6, 6.07) is 4.03. The molecular weight excluding hydrogens is 415 g/mol. The molecule has 2 rings (SSSR count). The zero-order chi connectivity index (χ0) is 15.0. The molecule has 0 saturated carbocycles. The first-order valence-corrected chi connectivity index (χ1v) is 14.5. The van der Waals surface area contributed by atoms with E-state index in [0.717, 1.165) is 30.9 Å². The van der Waals surface area contributed by atoms with E-state index in [1.807, 2.05) is 18.2 Å². The first kappa shape index (κ1) is 17.1. The average molecular weight is 436 g/mol. The topological polar surface area (TPSA) is 41.0 Å². The SMILES string of the molecule is C=CC[NH2+][Se][P+]([Se-])(CCC1=CC=C[O+]1)CCc1ccco1. The monoisotopic (exact) mass is 438 g/mol. The maximum atomic E-state index is 5.47. The Morgan fingerprint density at radius 1 is 1.43 bits per heavy atom. The van der Waals surface area contributed by atoms with Gasteiger partial charge in [0.15, 0.2) is 0 Å². The summed E-state index contributed by atoms with van der Waals surface area (Å²) in [6.07, 6.45) is 14.0. The molecule has 2 N–H and O–H groups in total. The molecule has 0 bridgehead atoms. The Morgan fingerprint density at radius 2 is 2.29 bits per heavy atom. The molecule has 1 aromatic heterocycles. The van der Waals surface area contributed by atoms with Gasteiger partial charge in [-0.25, -0.2) is 0 Å². The van der Waals surface area contributed by atoms with Crippen molar-refractivity contribution in [3.8, 4) is 0 Å². The van der Waals surface area contributed by atoms with Gasteiger partial charge in [-0.05, 0) is 0 Å². The van der Waals surface area contributed by atoms with E-state index in [-0.39, 0.29) is 0 Å². The summed E-state index contributed by atoms with van der Waals surface area (Å²) in [6.45, 7) is 4.81. The minimum absolute atomic E-state index is 0.542. The van der Waals surface area contributed by atoms with Gasteiger partial charge in [0, 0.05) is 0 Å². The molecule has 1 aliphatic heterocycles. The van der Waals surface area contributed by atoms with Crippen LogP contribution < -0.4 is 4.33 Å². The maximum absolute atomic E-state index is 5.47. The number of hydrogen-bond acceptors (Lipinski definition) is 2. The summed E-state index contributed by atoms with van der Waals surface area (Å²) in [7, 11) is 0. The molecule has 0 amide bonds. The van der Waals surface area contributed by atoms with Gasteiger partial charge >= 0.3 is 141 Å². The van der Waals surface area contributed by atoms with Crippen LogP contribution in [0, 0.1) is 0 Å². The first-order valence-electron chi connectivity index (χ1n) is 6.96. The fourth-order valence-corrected chi connectivity index (χ4v) is 12.0. The van der Waals surface area contributed by atoms with Crippen LogP contribution in [0.2, 0.25) is 0 Å². The number of rotatable bonds is 10. The van der Waals surface area contributed by atoms with Gasteiger partial charge in [0.25, 0.3) is 0 Å². The summed E-state index contributed by atoms with van der Waals surface area (Å²) in [4.78, 5) is 0. The third kappa shape index (κ3) is 6.16. The van der Waals surface area contributed by atoms with Crippen molar-refractivity contribution in [1.29, 1.82) is 0 Å². The average Bonchev–Trinajstić information content (AvgIpc) is 3.17. The van der Waals surface area contributed by atoms with Crippen LogP contribution in [0.5, 0.6) is 0 Å². The van der Waals surface area contributed by atoms with Crippen LogP contribution in [0.3, 0.4) is 0 Å². The number of allylic oxidation sites excluding steroid dienone is 3. The second-order valence-electron chi connectivity index (χ2n) is 4.72. The van der Waals surface area contributed by atoms with Gasteiger partial charge < -0.3 is 0 Å². The number of ether oxygens (including phenoxy) is 1. The van der Waals surface area contributed by atoms with Crippen molar-refractivity contribution in [1.82, 2.24) is 0 Å². The fraction of sp³-hybridized carbons (Fsp3) is 0.333. The summed E-state index contributed by atoms with van der Waals surface area (Å²) < 4.78 is 12.3. The second kappa shape index (κ2) is 9.00. The van der Waals surface area contributed by atoms with Gasteiger partial charge in [0.1, 0.15) is 0 Å². The molecule has 1 aliphatic rings. The first-order chi connectivity index (χ1) is 10.2. The van der Waals surface area contributed by atoms with Gasteiger partial charge in [-0.3, -0.25) is 0 Å². The summed E-state index contributed by atoms with van der Waals surface area (Å²) in [5.74, 6) is 2.18. The van der Waals surface area contributed by atoms with Gasteiger partial charge in [-0.2, -0.15) is 0 Å². The normalized spacial score (nSPS) is 16.3. The van der Waals surface area contributed by atoms with Crippen molar-refractivity contribution in [3.63, 3.8) is 0 Å². The summed E-state index contributed by atoms with van der Waals surface area (Å²) in [5.41, 5.74) is 0. The quantitative estimate of drug-likeness (QED) is 0.201. The van der Waals surface area contributed by atoms with Gasteiger partial charge in [0.05, 0.1) is 0 Å². The van der Waals surface area contributed by atoms with E-state index in [1.54, 1.807) is 12.5 Å². The standard InChI is InChI=1S/C15H20NO2PSe2/c1-2-9-16-21-19(20,12-7-14-5-3-10-17-14)13-8-15-6-4-11-18-15/h2-6,10-11,16H,1,7-9,12-13H2/q+1/p+1. The van der Waals surface area contributed by atoms with Crippen LogP contribution in [-0.2, 0) is 11.2 Å². The van der Waals surface area contributed by atoms with Crippen LogP contribution in [-0.4, -0.2) is 49.2 Å². The van der Waals surface area contributed by atoms with E-state index in [2.05, 4.69) is 38.6 Å². The Labute approximate surface area is 141 Å². The third-order valence-corrected chi connectivity index (χ3v) is 16.6. The third-order valence-electron chi connectivity index (χ3n) is 3.09. The molecule has 0 aliphatic carbocycles. The molecule has 1 unspecified atom stereocenters. The predicted molar refractivity (Wildman–Crippen MR) is 90.5 cm³/mol. The van der Waals surface area contributed by atoms with Crippen molar-refractivity contribution in [3.05, 3.63) is 61.0 Å². The zero-order valence-electron chi connectivity index (χ0n) is 11.9. The van der Waals surface area contributed by atoms with Crippen molar-refractivity contribution >= 4 is 34.9 Å². The Morgan fingerprint density at radius 3 is 2.95 bits per heavy atom. The molecule has 1 atom stereocenters. The second-order valence-corrected chi connectivity index (χ2v) is 21.8. The Bertz CT molecular complexity index is 502. The Kier molecular flexibility index (Phi) is 7.32. The van der Waals surface area contributed by atoms with Gasteiger partial charge in [0.2, 0.25) is 0 Å². The van der Waals surface area contributed by atoms with Crippen LogP contribution in [0.4, 0.5) is 0 Å². The molecule has 113 valence electrons. The number of furan rings is 1. The van der Waals surface area contributed by atoms with E-state index >= 15 is 0 Å². The molecule has 3 nitrogen and oxygen atoms in total. The fourth-order valence-electron chi connectivity index (χ4n) is 1.93. The van der Waals surface area contributed by atoms with Gasteiger partial charge in [-0.1, -0.05) is 0 Å². The molecule has 0 saturated heterocycles. The van der Waals surface area contributed by atoms with Crippen molar-refractivity contribution in [2.75, 3.05) is 18.9 Å². The van der Waals surface area contributed by atoms with Crippen LogP contribution in [0.25, 0.3) is 0 Å². The van der Waals surface area contributed by atoms with E-state index in [4.69, 9.17) is 9.15 Å². The number of quaternary nitrogens is 1. The Hall–Kier alpha value is -0.271. The van der Waals surface area contributed by atoms with E-state index in [1.165, 1.54) is 12.3 Å². The van der Waals surface area contributed by atoms with Crippen LogP contribution >= 0.6 is 4.64 Å².